The number of nitrogens with two attached hydrogens (primary N) is 1. The number of benzene rings is 2. The molecule has 1 saturated heterocycles. The summed E-state index contributed by atoms with van der Waals surface area (Å²) in [6, 6.07) is 9.76. The van der Waals surface area contributed by atoms with Gasteiger partial charge in [-0.05, 0) is 30.2 Å². The number of nitro groups is 1. The second kappa shape index (κ2) is 12.4. The van der Waals surface area contributed by atoms with Gasteiger partial charge in [0.05, 0.1) is 43.4 Å². The van der Waals surface area contributed by atoms with Crippen molar-refractivity contribution in [3.05, 3.63) is 81.4 Å². The number of imidazole rings is 1. The van der Waals surface area contributed by atoms with Gasteiger partial charge in [0, 0.05) is 56.8 Å². The zero-order chi connectivity index (χ0) is 30.7. The normalized spacial score (nSPS) is 16.7. The Bertz CT molecular complexity index is 1540. The zero-order valence-corrected chi connectivity index (χ0v) is 24.0. The molecule has 43 heavy (non-hydrogen) atoms. The molecule has 4 amide bonds. The Hall–Kier alpha value is -5.14. The van der Waals surface area contributed by atoms with Crippen LogP contribution in [0.3, 0.4) is 0 Å². The van der Waals surface area contributed by atoms with Crippen LogP contribution in [0, 0.1) is 10.1 Å². The average molecular weight is 592 g/mol. The fourth-order valence-electron chi connectivity index (χ4n) is 5.56. The summed E-state index contributed by atoms with van der Waals surface area (Å²) in [5.74, 6) is 0.269. The fourth-order valence-corrected chi connectivity index (χ4v) is 5.56. The molecule has 226 valence electrons. The van der Waals surface area contributed by atoms with Crippen LogP contribution < -0.4 is 15.2 Å². The summed E-state index contributed by atoms with van der Waals surface area (Å²) in [5.41, 5.74) is 8.09. The molecule has 2 aromatic carbocycles. The van der Waals surface area contributed by atoms with Gasteiger partial charge in [-0.25, -0.2) is 9.78 Å². The second-order valence-corrected chi connectivity index (χ2v) is 10.4. The maximum Gasteiger partial charge on any atom is 0.314 e. The summed E-state index contributed by atoms with van der Waals surface area (Å²) in [4.78, 5) is 59.8. The van der Waals surface area contributed by atoms with E-state index in [1.807, 2.05) is 4.57 Å². The van der Waals surface area contributed by atoms with Crippen molar-refractivity contribution in [2.24, 2.45) is 5.73 Å². The third-order valence-corrected chi connectivity index (χ3v) is 7.91. The lowest BCUT2D eigenvalue weighted by molar-refractivity contribution is -0.384. The standard InChI is InChI=1S/C29H33N7O7/c1-42-25-9-6-20(14-26(25)43-2)27(37)35-17-24-22(31-18-34(24)16-19-4-7-21(8-5-19)36(40)41)15-23(35)28(38)32-10-3-11-33(13-12-32)29(30)39/h4-9,14,18,23H,3,10-13,15-17H2,1-2H3,(H2,30,39). The van der Waals surface area contributed by atoms with E-state index in [2.05, 4.69) is 4.98 Å². The Labute approximate surface area is 247 Å². The second-order valence-electron chi connectivity index (χ2n) is 10.4. The van der Waals surface area contributed by atoms with E-state index in [0.717, 1.165) is 11.3 Å². The minimum absolute atomic E-state index is 0.00285. The topological polar surface area (TPSA) is 166 Å². The van der Waals surface area contributed by atoms with Crippen LogP contribution >= 0.6 is 0 Å². The molecule has 0 aliphatic carbocycles. The minimum atomic E-state index is -0.823. The lowest BCUT2D eigenvalue weighted by Gasteiger charge is -2.37. The molecule has 2 aliphatic rings. The number of nitro benzene ring substituents is 1. The van der Waals surface area contributed by atoms with E-state index >= 15 is 0 Å². The summed E-state index contributed by atoms with van der Waals surface area (Å²) < 4.78 is 12.6. The maximum absolute atomic E-state index is 14.1. The summed E-state index contributed by atoms with van der Waals surface area (Å²) in [5, 5.41) is 11.1. The first-order chi connectivity index (χ1) is 20.7. The number of amides is 4. The molecule has 1 unspecified atom stereocenters. The molecule has 3 aromatic rings. The lowest BCUT2D eigenvalue weighted by atomic mass is 9.99. The van der Waals surface area contributed by atoms with Gasteiger partial charge in [-0.3, -0.25) is 19.7 Å². The van der Waals surface area contributed by atoms with E-state index in [9.17, 15) is 24.5 Å². The molecule has 14 nitrogen and oxygen atoms in total. The highest BCUT2D eigenvalue weighted by atomic mass is 16.6. The van der Waals surface area contributed by atoms with Gasteiger partial charge in [-0.15, -0.1) is 0 Å². The molecule has 0 bridgehead atoms. The van der Waals surface area contributed by atoms with Crippen LogP contribution in [0.2, 0.25) is 0 Å². The predicted octanol–water partition coefficient (Wildman–Crippen LogP) is 2.04. The van der Waals surface area contributed by atoms with Gasteiger partial charge < -0.3 is 34.5 Å². The number of aromatic nitrogens is 2. The molecule has 1 aromatic heterocycles. The van der Waals surface area contributed by atoms with Gasteiger partial charge in [0.25, 0.3) is 11.6 Å². The Morgan fingerprint density at radius 3 is 2.37 bits per heavy atom. The number of fused-ring (bicyclic) bond motifs is 1. The lowest BCUT2D eigenvalue weighted by Crippen LogP contribution is -2.54. The molecule has 0 saturated carbocycles. The Morgan fingerprint density at radius 1 is 1.00 bits per heavy atom. The number of hydrogen-bond acceptors (Lipinski definition) is 8. The molecular weight excluding hydrogens is 558 g/mol. The smallest absolute Gasteiger partial charge is 0.314 e. The summed E-state index contributed by atoms with van der Waals surface area (Å²) >= 11 is 0. The molecule has 0 spiro atoms. The van der Waals surface area contributed by atoms with Crippen LogP contribution in [0.25, 0.3) is 0 Å². The van der Waals surface area contributed by atoms with Crippen LogP contribution in [0.1, 0.15) is 33.7 Å². The number of urea groups is 1. The number of nitrogens with zero attached hydrogens (tertiary/aromatic N) is 6. The van der Waals surface area contributed by atoms with E-state index in [1.54, 1.807) is 46.5 Å². The number of non-ortho nitro benzene ring substituents is 1. The van der Waals surface area contributed by atoms with Crippen molar-refractivity contribution in [1.29, 1.82) is 0 Å². The largest absolute Gasteiger partial charge is 0.493 e. The molecule has 1 atom stereocenters. The SMILES string of the molecule is COc1ccc(C(=O)N2Cc3c(ncn3Cc3ccc([N+](=O)[O-])cc3)CC2C(=O)N2CCCN(C(N)=O)CC2)cc1OC. The van der Waals surface area contributed by atoms with Crippen molar-refractivity contribution in [3.8, 4) is 11.5 Å². The van der Waals surface area contributed by atoms with E-state index in [1.165, 1.54) is 31.3 Å². The number of primary amides is 1. The van der Waals surface area contributed by atoms with Gasteiger partial charge in [0.2, 0.25) is 5.91 Å². The monoisotopic (exact) mass is 591 g/mol. The van der Waals surface area contributed by atoms with E-state index in [-0.39, 0.29) is 30.5 Å². The fraction of sp³-hybridized carbons (Fsp3) is 0.379. The van der Waals surface area contributed by atoms with Crippen molar-refractivity contribution in [2.45, 2.75) is 32.0 Å². The average Bonchev–Trinajstić information content (AvgIpc) is 3.23. The first-order valence-corrected chi connectivity index (χ1v) is 13.8. The minimum Gasteiger partial charge on any atom is -0.493 e. The number of ether oxygens (including phenoxy) is 2. The van der Waals surface area contributed by atoms with Crippen LogP contribution in [-0.2, 0) is 24.3 Å². The van der Waals surface area contributed by atoms with Crippen molar-refractivity contribution >= 4 is 23.5 Å². The van der Waals surface area contributed by atoms with Crippen molar-refractivity contribution in [3.63, 3.8) is 0 Å². The van der Waals surface area contributed by atoms with Gasteiger partial charge in [0.15, 0.2) is 11.5 Å². The van der Waals surface area contributed by atoms with Crippen LogP contribution in [0.5, 0.6) is 11.5 Å². The number of rotatable bonds is 7. The highest BCUT2D eigenvalue weighted by molar-refractivity contribution is 5.98. The van der Waals surface area contributed by atoms with Crippen molar-refractivity contribution in [2.75, 3.05) is 40.4 Å². The van der Waals surface area contributed by atoms with Crippen LogP contribution in [0.15, 0.2) is 48.8 Å². The first-order valence-electron chi connectivity index (χ1n) is 13.8. The summed E-state index contributed by atoms with van der Waals surface area (Å²) in [6.45, 7) is 2.00. The zero-order valence-electron chi connectivity index (χ0n) is 24.0. The van der Waals surface area contributed by atoms with Gasteiger partial charge in [-0.1, -0.05) is 12.1 Å². The van der Waals surface area contributed by atoms with Crippen molar-refractivity contribution < 1.29 is 28.8 Å². The first kappa shape index (κ1) is 29.4. The number of carbonyl (C=O) groups is 3. The molecule has 2 N–H and O–H groups in total. The number of methoxy groups -OCH3 is 2. The quantitative estimate of drug-likeness (QED) is 0.322. The predicted molar refractivity (Wildman–Crippen MR) is 154 cm³/mol. The molecule has 14 heteroatoms. The highest BCUT2D eigenvalue weighted by Crippen LogP contribution is 2.31. The van der Waals surface area contributed by atoms with Gasteiger partial charge in [0.1, 0.15) is 6.04 Å². The summed E-state index contributed by atoms with van der Waals surface area (Å²) in [7, 11) is 2.99. The van der Waals surface area contributed by atoms with E-state index in [0.29, 0.717) is 61.9 Å². The molecular formula is C29H33N7O7. The van der Waals surface area contributed by atoms with Crippen LogP contribution in [0.4, 0.5) is 10.5 Å². The Kier molecular flexibility index (Phi) is 8.46. The molecule has 0 radical (unpaired) electrons. The van der Waals surface area contributed by atoms with Crippen molar-refractivity contribution in [1.82, 2.24) is 24.3 Å². The van der Waals surface area contributed by atoms with E-state index < -0.39 is 17.0 Å². The van der Waals surface area contributed by atoms with Crippen LogP contribution in [-0.4, -0.2) is 93.5 Å². The summed E-state index contributed by atoms with van der Waals surface area (Å²) in [6.07, 6.45) is 2.44. The molecule has 5 rings (SSSR count). The third-order valence-electron chi connectivity index (χ3n) is 7.91. The molecule has 3 heterocycles. The van der Waals surface area contributed by atoms with Gasteiger partial charge >= 0.3 is 6.03 Å². The maximum atomic E-state index is 14.1. The third kappa shape index (κ3) is 6.08. The molecule has 2 aliphatic heterocycles. The highest BCUT2D eigenvalue weighted by Gasteiger charge is 2.40. The van der Waals surface area contributed by atoms with Gasteiger partial charge in [-0.2, -0.15) is 0 Å². The number of hydrogen-bond donors (Lipinski definition) is 1. The van der Waals surface area contributed by atoms with E-state index in [4.69, 9.17) is 15.2 Å². The number of carbonyl (C=O) groups excluding carboxylic acids is 3. The molecule has 1 fully saturated rings. The Balaban J connectivity index is 1.46. The Morgan fingerprint density at radius 2 is 1.70 bits per heavy atom.